The first-order valence-corrected chi connectivity index (χ1v) is 7.07. The number of aromatic nitrogens is 2. The van der Waals surface area contributed by atoms with Gasteiger partial charge in [0.2, 0.25) is 0 Å². The van der Waals surface area contributed by atoms with Crippen LogP contribution in [0.15, 0.2) is 48.0 Å². The highest BCUT2D eigenvalue weighted by Crippen LogP contribution is 2.21. The average Bonchev–Trinajstić information content (AvgIpc) is 3.10. The lowest BCUT2D eigenvalue weighted by Gasteiger charge is -2.05. The number of imidazole rings is 1. The highest BCUT2D eigenvalue weighted by atomic mass is 32.1. The first-order chi connectivity index (χ1) is 9.72. The number of carbonyl (C=O) groups is 1. The molecule has 20 heavy (non-hydrogen) atoms. The Labute approximate surface area is 120 Å². The molecule has 0 fully saturated rings. The summed E-state index contributed by atoms with van der Waals surface area (Å²) in [4.78, 5) is 20.1. The number of nitrogens with zero attached hydrogens (tertiary/aromatic N) is 1. The molecule has 0 aliphatic carbocycles. The molecule has 4 nitrogen and oxygen atoms in total. The fourth-order valence-corrected chi connectivity index (χ4v) is 2.55. The molecule has 100 valence electrons. The standard InChI is InChI=1S/C15H13N3OS/c1-10-16-9-13(17-10)11-4-2-5-12(8-11)18-15(19)14-6-3-7-20-14/h2-9H,1H3,(H,16,17)(H,18,19). The molecule has 0 atom stereocenters. The van der Waals surface area contributed by atoms with Crippen LogP contribution in [0.1, 0.15) is 15.5 Å². The van der Waals surface area contributed by atoms with Gasteiger partial charge in [-0.1, -0.05) is 18.2 Å². The molecule has 1 aromatic carbocycles. The number of anilines is 1. The quantitative estimate of drug-likeness (QED) is 0.770. The Hall–Kier alpha value is -2.40. The Balaban J connectivity index is 1.83. The van der Waals surface area contributed by atoms with Crippen molar-refractivity contribution in [3.05, 3.63) is 58.7 Å². The zero-order chi connectivity index (χ0) is 13.9. The van der Waals surface area contributed by atoms with Gasteiger partial charge in [-0.05, 0) is 30.5 Å². The molecule has 5 heteroatoms. The number of aryl methyl sites for hydroxylation is 1. The molecular formula is C15H13N3OS. The third-order valence-corrected chi connectivity index (χ3v) is 3.75. The molecule has 0 spiro atoms. The zero-order valence-electron chi connectivity index (χ0n) is 10.9. The molecule has 3 aromatic rings. The zero-order valence-corrected chi connectivity index (χ0v) is 11.7. The Morgan fingerprint density at radius 3 is 2.90 bits per heavy atom. The van der Waals surface area contributed by atoms with Crippen molar-refractivity contribution >= 4 is 22.9 Å². The van der Waals surface area contributed by atoms with E-state index >= 15 is 0 Å². The topological polar surface area (TPSA) is 57.8 Å². The molecule has 3 rings (SSSR count). The highest BCUT2D eigenvalue weighted by Gasteiger charge is 2.08. The van der Waals surface area contributed by atoms with Crippen LogP contribution >= 0.6 is 11.3 Å². The second-order valence-electron chi connectivity index (χ2n) is 4.39. The average molecular weight is 283 g/mol. The van der Waals surface area contributed by atoms with Gasteiger partial charge in [0.15, 0.2) is 0 Å². The van der Waals surface area contributed by atoms with E-state index in [0.717, 1.165) is 22.8 Å². The lowest BCUT2D eigenvalue weighted by atomic mass is 10.1. The van der Waals surface area contributed by atoms with Crippen molar-refractivity contribution < 1.29 is 4.79 Å². The summed E-state index contributed by atoms with van der Waals surface area (Å²) < 4.78 is 0. The van der Waals surface area contributed by atoms with Gasteiger partial charge in [0, 0.05) is 11.3 Å². The molecular weight excluding hydrogens is 270 g/mol. The van der Waals surface area contributed by atoms with E-state index in [1.54, 1.807) is 6.20 Å². The van der Waals surface area contributed by atoms with Crippen LogP contribution in [0.25, 0.3) is 11.3 Å². The second kappa shape index (κ2) is 5.30. The van der Waals surface area contributed by atoms with E-state index in [1.165, 1.54) is 11.3 Å². The van der Waals surface area contributed by atoms with E-state index in [-0.39, 0.29) is 5.91 Å². The van der Waals surface area contributed by atoms with E-state index in [9.17, 15) is 4.79 Å². The number of thiophene rings is 1. The van der Waals surface area contributed by atoms with Gasteiger partial charge in [-0.15, -0.1) is 11.3 Å². The fraction of sp³-hybridized carbons (Fsp3) is 0.0667. The third kappa shape index (κ3) is 2.62. The predicted octanol–water partition coefficient (Wildman–Crippen LogP) is 3.70. The van der Waals surface area contributed by atoms with Gasteiger partial charge in [-0.25, -0.2) is 4.98 Å². The molecule has 0 saturated carbocycles. The number of carbonyl (C=O) groups excluding carboxylic acids is 1. The van der Waals surface area contributed by atoms with Crippen LogP contribution in [0.5, 0.6) is 0 Å². The van der Waals surface area contributed by atoms with Crippen LogP contribution < -0.4 is 5.32 Å². The van der Waals surface area contributed by atoms with Crippen molar-refractivity contribution in [2.24, 2.45) is 0 Å². The van der Waals surface area contributed by atoms with E-state index in [1.807, 2.05) is 48.7 Å². The van der Waals surface area contributed by atoms with Gasteiger partial charge in [-0.3, -0.25) is 4.79 Å². The third-order valence-electron chi connectivity index (χ3n) is 2.88. The molecule has 2 N–H and O–H groups in total. The van der Waals surface area contributed by atoms with Gasteiger partial charge in [0.05, 0.1) is 16.8 Å². The molecule has 0 aliphatic heterocycles. The first-order valence-electron chi connectivity index (χ1n) is 6.19. The lowest BCUT2D eigenvalue weighted by molar-refractivity contribution is 0.103. The molecule has 0 radical (unpaired) electrons. The van der Waals surface area contributed by atoms with Crippen LogP contribution in [0.4, 0.5) is 5.69 Å². The van der Waals surface area contributed by atoms with Gasteiger partial charge in [0.1, 0.15) is 5.82 Å². The summed E-state index contributed by atoms with van der Waals surface area (Å²) in [6, 6.07) is 11.4. The molecule has 0 bridgehead atoms. The molecule has 0 saturated heterocycles. The summed E-state index contributed by atoms with van der Waals surface area (Å²) in [6.07, 6.45) is 1.79. The molecule has 2 heterocycles. The molecule has 0 aliphatic rings. The SMILES string of the molecule is Cc1ncc(-c2cccc(NC(=O)c3cccs3)c2)[nH]1. The van der Waals surface area contributed by atoms with Crippen molar-refractivity contribution in [1.29, 1.82) is 0 Å². The van der Waals surface area contributed by atoms with E-state index < -0.39 is 0 Å². The summed E-state index contributed by atoms with van der Waals surface area (Å²) in [6.45, 7) is 1.91. The van der Waals surface area contributed by atoms with E-state index in [0.29, 0.717) is 4.88 Å². The second-order valence-corrected chi connectivity index (χ2v) is 5.34. The Morgan fingerprint density at radius 1 is 1.30 bits per heavy atom. The summed E-state index contributed by atoms with van der Waals surface area (Å²) in [5, 5.41) is 4.79. The fourth-order valence-electron chi connectivity index (χ4n) is 1.93. The molecule has 1 amide bonds. The van der Waals surface area contributed by atoms with Crippen LogP contribution in [0.3, 0.4) is 0 Å². The minimum Gasteiger partial charge on any atom is -0.342 e. The van der Waals surface area contributed by atoms with Gasteiger partial charge >= 0.3 is 0 Å². The predicted molar refractivity (Wildman–Crippen MR) is 81.0 cm³/mol. The maximum Gasteiger partial charge on any atom is 0.265 e. The van der Waals surface area contributed by atoms with Gasteiger partial charge < -0.3 is 10.3 Å². The number of benzene rings is 1. The van der Waals surface area contributed by atoms with Crippen LogP contribution in [0, 0.1) is 6.92 Å². The largest absolute Gasteiger partial charge is 0.342 e. The minimum atomic E-state index is -0.0852. The maximum atomic E-state index is 12.0. The monoisotopic (exact) mass is 283 g/mol. The Morgan fingerprint density at radius 2 is 2.20 bits per heavy atom. The summed E-state index contributed by atoms with van der Waals surface area (Å²) in [7, 11) is 0. The first kappa shape index (κ1) is 12.6. The minimum absolute atomic E-state index is 0.0852. The van der Waals surface area contributed by atoms with Crippen molar-refractivity contribution in [2.75, 3.05) is 5.32 Å². The Bertz CT molecular complexity index is 731. The molecule has 2 aromatic heterocycles. The summed E-state index contributed by atoms with van der Waals surface area (Å²) >= 11 is 1.43. The highest BCUT2D eigenvalue weighted by molar-refractivity contribution is 7.12. The maximum absolute atomic E-state index is 12.0. The normalized spacial score (nSPS) is 10.4. The van der Waals surface area contributed by atoms with Crippen LogP contribution in [-0.4, -0.2) is 15.9 Å². The number of amides is 1. The van der Waals surface area contributed by atoms with Crippen molar-refractivity contribution in [3.8, 4) is 11.3 Å². The van der Waals surface area contributed by atoms with E-state index in [2.05, 4.69) is 15.3 Å². The number of hydrogen-bond donors (Lipinski definition) is 2. The number of aromatic amines is 1. The summed E-state index contributed by atoms with van der Waals surface area (Å²) in [5.74, 6) is 0.783. The van der Waals surface area contributed by atoms with Crippen LogP contribution in [0.2, 0.25) is 0 Å². The van der Waals surface area contributed by atoms with Crippen molar-refractivity contribution in [2.45, 2.75) is 6.92 Å². The van der Waals surface area contributed by atoms with Crippen LogP contribution in [-0.2, 0) is 0 Å². The summed E-state index contributed by atoms with van der Waals surface area (Å²) in [5.41, 5.74) is 2.71. The van der Waals surface area contributed by atoms with Crippen molar-refractivity contribution in [3.63, 3.8) is 0 Å². The Kier molecular flexibility index (Phi) is 3.35. The molecule has 0 unspecified atom stereocenters. The van der Waals surface area contributed by atoms with E-state index in [4.69, 9.17) is 0 Å². The number of rotatable bonds is 3. The van der Waals surface area contributed by atoms with Crippen molar-refractivity contribution in [1.82, 2.24) is 9.97 Å². The number of nitrogens with one attached hydrogen (secondary N) is 2. The number of H-pyrrole nitrogens is 1. The smallest absolute Gasteiger partial charge is 0.265 e. The number of hydrogen-bond acceptors (Lipinski definition) is 3. The van der Waals surface area contributed by atoms with Gasteiger partial charge in [0.25, 0.3) is 5.91 Å². The lowest BCUT2D eigenvalue weighted by Crippen LogP contribution is -2.09. The van der Waals surface area contributed by atoms with Gasteiger partial charge in [-0.2, -0.15) is 0 Å².